The van der Waals surface area contributed by atoms with E-state index in [1.165, 1.54) is 83.6 Å². The first kappa shape index (κ1) is 39.1. The summed E-state index contributed by atoms with van der Waals surface area (Å²) >= 11 is 0. The maximum atomic E-state index is 2.58. The molecule has 4 heteroatoms. The van der Waals surface area contributed by atoms with E-state index in [9.17, 15) is 0 Å². The molecule has 13 rings (SSSR count). The Balaban J connectivity index is 1.03. The minimum atomic E-state index is -0.276. The lowest BCUT2D eigenvalue weighted by Crippen LogP contribution is -2.61. The zero-order valence-electron chi connectivity index (χ0n) is 37.5. The molecular formula is C63H46BN3. The van der Waals surface area contributed by atoms with Crippen LogP contribution in [0.3, 0.4) is 0 Å². The van der Waals surface area contributed by atoms with E-state index in [2.05, 4.69) is 271 Å². The van der Waals surface area contributed by atoms with Crippen molar-refractivity contribution in [2.75, 3.05) is 14.7 Å². The molecule has 0 amide bonds. The normalized spacial score (nSPS) is 13.6. The summed E-state index contributed by atoms with van der Waals surface area (Å²) in [4.78, 5) is 7.41. The Morgan fingerprint density at radius 3 is 1.46 bits per heavy atom. The van der Waals surface area contributed by atoms with Crippen LogP contribution in [0.15, 0.2) is 243 Å². The van der Waals surface area contributed by atoms with Gasteiger partial charge in [-0.1, -0.05) is 172 Å². The molecule has 10 aromatic rings. The van der Waals surface area contributed by atoms with Crippen LogP contribution in [0.5, 0.6) is 0 Å². The molecule has 1 aliphatic carbocycles. The second kappa shape index (κ2) is 15.4. The first-order chi connectivity index (χ1) is 33.0. The van der Waals surface area contributed by atoms with Crippen LogP contribution >= 0.6 is 0 Å². The third-order valence-corrected chi connectivity index (χ3v) is 14.4. The van der Waals surface area contributed by atoms with Crippen molar-refractivity contribution in [2.24, 2.45) is 0 Å². The highest BCUT2D eigenvalue weighted by Gasteiger charge is 2.46. The van der Waals surface area contributed by atoms with Gasteiger partial charge in [-0.25, -0.2) is 0 Å². The van der Waals surface area contributed by atoms with Crippen molar-refractivity contribution < 1.29 is 0 Å². The van der Waals surface area contributed by atoms with Gasteiger partial charge in [-0.2, -0.15) is 0 Å². The number of rotatable bonds is 7. The van der Waals surface area contributed by atoms with E-state index in [0.29, 0.717) is 0 Å². The zero-order chi connectivity index (χ0) is 44.6. The van der Waals surface area contributed by atoms with Gasteiger partial charge < -0.3 is 14.7 Å². The molecule has 0 aromatic heterocycles. The average Bonchev–Trinajstić information content (AvgIpc) is 3.61. The van der Waals surface area contributed by atoms with Crippen molar-refractivity contribution in [3.63, 3.8) is 0 Å². The monoisotopic (exact) mass is 855 g/mol. The number of anilines is 9. The van der Waals surface area contributed by atoms with Gasteiger partial charge in [0.25, 0.3) is 6.71 Å². The quantitative estimate of drug-likeness (QED) is 0.148. The topological polar surface area (TPSA) is 9.72 Å². The minimum absolute atomic E-state index is 0.0216. The summed E-state index contributed by atoms with van der Waals surface area (Å²) in [6.07, 6.45) is 0. The molecule has 10 aromatic carbocycles. The highest BCUT2D eigenvalue weighted by Crippen LogP contribution is 2.53. The molecule has 0 atom stereocenters. The SMILES string of the molecule is CC1(C)c2cc(N(c3ccccc3)c3ccccc3)ccc2-c2cc3c(cc21)B1c2cc(-c4ccccc4)ccc2N(c2ccc(-c4ccccc4)cc2)c2cccc(c21)N3c1ccccc1. The summed E-state index contributed by atoms with van der Waals surface area (Å²) < 4.78 is 0. The van der Waals surface area contributed by atoms with Crippen molar-refractivity contribution in [1.29, 1.82) is 0 Å². The molecule has 0 radical (unpaired) electrons. The lowest BCUT2D eigenvalue weighted by Gasteiger charge is -2.44. The zero-order valence-corrected chi connectivity index (χ0v) is 37.5. The van der Waals surface area contributed by atoms with Gasteiger partial charge >= 0.3 is 0 Å². The summed E-state index contributed by atoms with van der Waals surface area (Å²) in [6, 6.07) is 89.3. The van der Waals surface area contributed by atoms with Crippen molar-refractivity contribution in [1.82, 2.24) is 0 Å². The lowest BCUT2D eigenvalue weighted by molar-refractivity contribution is 0.661. The molecule has 0 spiro atoms. The van der Waals surface area contributed by atoms with Gasteiger partial charge in [-0.05, 0) is 146 Å². The number of fused-ring (bicyclic) bond motifs is 7. The number of nitrogens with zero attached hydrogens (tertiary/aromatic N) is 3. The van der Waals surface area contributed by atoms with Crippen molar-refractivity contribution >= 4 is 74.3 Å². The largest absolute Gasteiger partial charge is 0.311 e. The molecule has 0 unspecified atom stereocenters. The van der Waals surface area contributed by atoms with Crippen LogP contribution in [-0.2, 0) is 5.41 Å². The van der Waals surface area contributed by atoms with Crippen LogP contribution in [0.4, 0.5) is 51.2 Å². The van der Waals surface area contributed by atoms with Gasteiger partial charge in [0.05, 0.1) is 0 Å². The maximum Gasteiger partial charge on any atom is 0.252 e. The Hall–Kier alpha value is -8.34. The van der Waals surface area contributed by atoms with Crippen LogP contribution in [0.1, 0.15) is 25.0 Å². The molecule has 67 heavy (non-hydrogen) atoms. The van der Waals surface area contributed by atoms with Crippen LogP contribution < -0.4 is 31.1 Å². The first-order valence-corrected chi connectivity index (χ1v) is 23.4. The van der Waals surface area contributed by atoms with Gasteiger partial charge in [-0.3, -0.25) is 0 Å². The molecule has 0 saturated heterocycles. The van der Waals surface area contributed by atoms with Crippen LogP contribution in [0, 0.1) is 0 Å². The molecule has 0 fully saturated rings. The standard InChI is InChI=1S/C63H46BN3/c1-63(2)54-40-51(65(47-23-12-5-13-24-47)48-25-14-6-15-26-48)36-37-52(54)53-41-61-57(42-55(53)63)64-56-39-46(44-21-10-4-11-22-44)33-38-58(56)66(50-34-31-45(32-35-50)43-19-8-3-9-20-43)59-29-18-30-60(62(59)64)67(61)49-27-16-7-17-28-49/h3-42H,1-2H3. The van der Waals surface area contributed by atoms with Crippen LogP contribution in [-0.4, -0.2) is 6.71 Å². The van der Waals surface area contributed by atoms with Gasteiger partial charge in [0.1, 0.15) is 0 Å². The Bertz CT molecular complexity index is 3440. The molecule has 3 nitrogen and oxygen atoms in total. The van der Waals surface area contributed by atoms with E-state index in [1.54, 1.807) is 0 Å². The van der Waals surface area contributed by atoms with Crippen molar-refractivity contribution in [2.45, 2.75) is 19.3 Å². The number of para-hydroxylation sites is 3. The predicted molar refractivity (Wildman–Crippen MR) is 284 cm³/mol. The number of hydrogen-bond donors (Lipinski definition) is 0. The molecule has 3 aliphatic rings. The van der Waals surface area contributed by atoms with E-state index in [4.69, 9.17) is 0 Å². The fourth-order valence-corrected chi connectivity index (χ4v) is 11.3. The number of benzene rings is 10. The Morgan fingerprint density at radius 1 is 0.343 bits per heavy atom. The Morgan fingerprint density at radius 2 is 0.836 bits per heavy atom. The smallest absolute Gasteiger partial charge is 0.252 e. The Labute approximate surface area is 393 Å². The highest BCUT2D eigenvalue weighted by atomic mass is 15.2. The van der Waals surface area contributed by atoms with Crippen LogP contribution in [0.2, 0.25) is 0 Å². The molecule has 2 aliphatic heterocycles. The summed E-state index contributed by atoms with van der Waals surface area (Å²) in [7, 11) is 0. The highest BCUT2D eigenvalue weighted by molar-refractivity contribution is 7.00. The summed E-state index contributed by atoms with van der Waals surface area (Å²) in [5.74, 6) is 0. The van der Waals surface area contributed by atoms with Crippen LogP contribution in [0.25, 0.3) is 33.4 Å². The minimum Gasteiger partial charge on any atom is -0.311 e. The van der Waals surface area contributed by atoms with Gasteiger partial charge in [0, 0.05) is 56.6 Å². The second-order valence-corrected chi connectivity index (χ2v) is 18.5. The molecular weight excluding hydrogens is 810 g/mol. The van der Waals surface area contributed by atoms with Gasteiger partial charge in [0.2, 0.25) is 0 Å². The van der Waals surface area contributed by atoms with E-state index in [1.807, 2.05) is 0 Å². The first-order valence-electron chi connectivity index (χ1n) is 23.4. The maximum absolute atomic E-state index is 2.58. The van der Waals surface area contributed by atoms with E-state index in [-0.39, 0.29) is 12.1 Å². The third kappa shape index (κ3) is 6.21. The fraction of sp³-hybridized carbons (Fsp3) is 0.0476. The van der Waals surface area contributed by atoms with Crippen molar-refractivity contribution in [3.8, 4) is 33.4 Å². The van der Waals surface area contributed by atoms with E-state index in [0.717, 1.165) is 28.4 Å². The summed E-state index contributed by atoms with van der Waals surface area (Å²) in [5.41, 5.74) is 24.3. The predicted octanol–water partition coefficient (Wildman–Crippen LogP) is 14.9. The third-order valence-electron chi connectivity index (χ3n) is 14.4. The molecule has 2 heterocycles. The second-order valence-electron chi connectivity index (χ2n) is 18.5. The van der Waals surface area contributed by atoms with E-state index < -0.39 is 0 Å². The molecule has 0 N–H and O–H groups in total. The molecule has 0 bridgehead atoms. The lowest BCUT2D eigenvalue weighted by atomic mass is 9.33. The Kier molecular flexibility index (Phi) is 8.98. The van der Waals surface area contributed by atoms with Gasteiger partial charge in [-0.15, -0.1) is 0 Å². The summed E-state index contributed by atoms with van der Waals surface area (Å²) in [5, 5.41) is 0. The molecule has 316 valence electrons. The van der Waals surface area contributed by atoms with Gasteiger partial charge in [0.15, 0.2) is 0 Å². The fourth-order valence-electron chi connectivity index (χ4n) is 11.3. The summed E-state index contributed by atoms with van der Waals surface area (Å²) in [6.45, 7) is 4.82. The van der Waals surface area contributed by atoms with Crippen molar-refractivity contribution in [3.05, 3.63) is 254 Å². The van der Waals surface area contributed by atoms with E-state index >= 15 is 0 Å². The number of hydrogen-bond acceptors (Lipinski definition) is 3. The molecule has 0 saturated carbocycles. The average molecular weight is 856 g/mol.